The zero-order valence-corrected chi connectivity index (χ0v) is 12.0. The first kappa shape index (κ1) is 17.0. The predicted molar refractivity (Wildman–Crippen MR) is 74.5 cm³/mol. The Hall–Kier alpha value is -1.04. The van der Waals surface area contributed by atoms with Gasteiger partial charge in [0.15, 0.2) is 0 Å². The third-order valence-corrected chi connectivity index (χ3v) is 2.86. The average Bonchev–Trinajstić information content (AvgIpc) is 2.37. The second-order valence-corrected chi connectivity index (χ2v) is 5.01. The molecule has 1 rings (SSSR count). The van der Waals surface area contributed by atoms with Crippen molar-refractivity contribution in [2.75, 3.05) is 19.7 Å². The molecule has 0 fully saturated rings. The summed E-state index contributed by atoms with van der Waals surface area (Å²) in [4.78, 5) is 0. The molecule has 0 bridgehead atoms. The Morgan fingerprint density at radius 2 is 2.00 bits per heavy atom. The summed E-state index contributed by atoms with van der Waals surface area (Å²) in [6.07, 6.45) is 1.13. The molecule has 1 unspecified atom stereocenters. The third kappa shape index (κ3) is 6.41. The van der Waals surface area contributed by atoms with Gasteiger partial charge in [-0.1, -0.05) is 6.07 Å². The van der Waals surface area contributed by atoms with Gasteiger partial charge in [0.2, 0.25) is 0 Å². The fourth-order valence-corrected chi connectivity index (χ4v) is 1.79. The van der Waals surface area contributed by atoms with Crippen LogP contribution in [-0.2, 0) is 4.74 Å². The summed E-state index contributed by atoms with van der Waals surface area (Å²) < 4.78 is 31.6. The lowest BCUT2D eigenvalue weighted by Gasteiger charge is -2.13. The molecule has 0 aliphatic carbocycles. The fraction of sp³-hybridized carbons (Fsp3) is 0.600. The Kier molecular flexibility index (Phi) is 7.65. The molecule has 1 aromatic rings. The number of hydrogen-bond acceptors (Lipinski definition) is 3. The normalized spacial score (nSPS) is 12.9. The van der Waals surface area contributed by atoms with Crippen molar-refractivity contribution in [3.8, 4) is 0 Å². The summed E-state index contributed by atoms with van der Waals surface area (Å²) in [5, 5.41) is 12.9. The Bertz CT molecular complexity index is 399. The quantitative estimate of drug-likeness (QED) is 0.686. The van der Waals surface area contributed by atoms with Crippen LogP contribution in [0.5, 0.6) is 0 Å². The van der Waals surface area contributed by atoms with Crippen LogP contribution in [0.25, 0.3) is 0 Å². The molecule has 20 heavy (non-hydrogen) atoms. The molecule has 114 valence electrons. The van der Waals surface area contributed by atoms with Crippen molar-refractivity contribution >= 4 is 0 Å². The van der Waals surface area contributed by atoms with E-state index in [0.717, 1.165) is 31.5 Å². The Labute approximate surface area is 119 Å². The van der Waals surface area contributed by atoms with E-state index in [-0.39, 0.29) is 18.2 Å². The highest BCUT2D eigenvalue weighted by Gasteiger charge is 2.12. The maximum atomic E-state index is 13.4. The van der Waals surface area contributed by atoms with Crippen molar-refractivity contribution in [2.24, 2.45) is 0 Å². The van der Waals surface area contributed by atoms with Gasteiger partial charge in [0.25, 0.3) is 0 Å². The molecule has 0 aliphatic heterocycles. The minimum absolute atomic E-state index is 0.113. The molecule has 0 spiro atoms. The number of aliphatic hydroxyl groups excluding tert-OH is 1. The van der Waals surface area contributed by atoms with Crippen molar-refractivity contribution < 1.29 is 18.6 Å². The zero-order valence-electron chi connectivity index (χ0n) is 12.0. The van der Waals surface area contributed by atoms with Gasteiger partial charge in [0.1, 0.15) is 11.6 Å². The summed E-state index contributed by atoms with van der Waals surface area (Å²) in [6.45, 7) is 5.67. The number of rotatable bonds is 9. The van der Waals surface area contributed by atoms with E-state index >= 15 is 0 Å². The Morgan fingerprint density at radius 3 is 2.65 bits per heavy atom. The lowest BCUT2D eigenvalue weighted by molar-refractivity contribution is 0.0758. The molecule has 0 heterocycles. The van der Waals surface area contributed by atoms with Crippen LogP contribution in [0.4, 0.5) is 8.78 Å². The molecule has 0 amide bonds. The summed E-state index contributed by atoms with van der Waals surface area (Å²) in [5.74, 6) is -1.36. The minimum Gasteiger partial charge on any atom is -0.387 e. The number of halogens is 2. The van der Waals surface area contributed by atoms with Gasteiger partial charge in [-0.2, -0.15) is 0 Å². The second kappa shape index (κ2) is 9.00. The largest absolute Gasteiger partial charge is 0.387 e. The van der Waals surface area contributed by atoms with Gasteiger partial charge < -0.3 is 15.2 Å². The Balaban J connectivity index is 2.18. The number of benzene rings is 1. The van der Waals surface area contributed by atoms with Gasteiger partial charge in [0, 0.05) is 24.8 Å². The molecule has 1 atom stereocenters. The maximum absolute atomic E-state index is 13.4. The molecule has 3 nitrogen and oxygen atoms in total. The van der Waals surface area contributed by atoms with Crippen molar-refractivity contribution in [2.45, 2.75) is 38.9 Å². The number of hydrogen-bond donors (Lipinski definition) is 2. The number of nitrogens with one attached hydrogen (secondary N) is 1. The van der Waals surface area contributed by atoms with Crippen molar-refractivity contribution in [1.29, 1.82) is 0 Å². The van der Waals surface area contributed by atoms with Gasteiger partial charge in [0.05, 0.1) is 12.2 Å². The number of ether oxygens (including phenoxy) is 1. The van der Waals surface area contributed by atoms with Crippen LogP contribution in [-0.4, -0.2) is 30.9 Å². The van der Waals surface area contributed by atoms with Gasteiger partial charge in [-0.05, 0) is 39.3 Å². The van der Waals surface area contributed by atoms with E-state index < -0.39 is 17.7 Å². The lowest BCUT2D eigenvalue weighted by atomic mass is 10.1. The van der Waals surface area contributed by atoms with E-state index in [1.54, 1.807) is 0 Å². The molecule has 1 aromatic carbocycles. The fourth-order valence-electron chi connectivity index (χ4n) is 1.79. The molecule has 0 radical (unpaired) electrons. The van der Waals surface area contributed by atoms with Crippen LogP contribution in [0.2, 0.25) is 0 Å². The van der Waals surface area contributed by atoms with Crippen LogP contribution in [0.3, 0.4) is 0 Å². The number of aliphatic hydroxyl groups is 1. The summed E-state index contributed by atoms with van der Waals surface area (Å²) in [6, 6.07) is 3.19. The molecule has 2 N–H and O–H groups in total. The maximum Gasteiger partial charge on any atom is 0.131 e. The van der Waals surface area contributed by atoms with Crippen LogP contribution >= 0.6 is 0 Å². The van der Waals surface area contributed by atoms with Crippen LogP contribution in [0, 0.1) is 11.6 Å². The first-order valence-electron chi connectivity index (χ1n) is 6.96. The average molecular weight is 287 g/mol. The predicted octanol–water partition coefficient (Wildman–Crippen LogP) is 2.79. The van der Waals surface area contributed by atoms with Crippen molar-refractivity contribution in [3.05, 3.63) is 35.4 Å². The molecule has 0 saturated heterocycles. The number of unbranched alkanes of at least 4 members (excludes halogenated alkanes) is 1. The Morgan fingerprint density at radius 1 is 1.25 bits per heavy atom. The highest BCUT2D eigenvalue weighted by molar-refractivity contribution is 5.21. The first-order valence-corrected chi connectivity index (χ1v) is 6.96. The third-order valence-electron chi connectivity index (χ3n) is 2.86. The van der Waals surface area contributed by atoms with E-state index in [4.69, 9.17) is 4.74 Å². The monoisotopic (exact) mass is 287 g/mol. The second-order valence-electron chi connectivity index (χ2n) is 5.01. The van der Waals surface area contributed by atoms with E-state index in [0.29, 0.717) is 6.61 Å². The first-order chi connectivity index (χ1) is 9.50. The molecule has 0 aromatic heterocycles. The van der Waals surface area contributed by atoms with E-state index in [1.165, 1.54) is 6.07 Å². The smallest absolute Gasteiger partial charge is 0.131 e. The molecule has 0 aliphatic rings. The minimum atomic E-state index is -0.970. The topological polar surface area (TPSA) is 41.5 Å². The van der Waals surface area contributed by atoms with Crippen LogP contribution in [0.1, 0.15) is 38.4 Å². The highest BCUT2D eigenvalue weighted by Crippen LogP contribution is 2.17. The zero-order chi connectivity index (χ0) is 15.0. The van der Waals surface area contributed by atoms with Gasteiger partial charge in [-0.3, -0.25) is 0 Å². The lowest BCUT2D eigenvalue weighted by Crippen LogP contribution is -2.23. The van der Waals surface area contributed by atoms with Crippen LogP contribution in [0.15, 0.2) is 18.2 Å². The highest BCUT2D eigenvalue weighted by atomic mass is 19.1. The summed E-state index contributed by atoms with van der Waals surface area (Å²) in [7, 11) is 0. The van der Waals surface area contributed by atoms with E-state index in [9.17, 15) is 13.9 Å². The SMILES string of the molecule is CC(C)OCCCCNCC(O)c1ccc(F)cc1F. The van der Waals surface area contributed by atoms with E-state index in [2.05, 4.69) is 5.32 Å². The van der Waals surface area contributed by atoms with Crippen LogP contribution < -0.4 is 5.32 Å². The molecular formula is C15H23F2NO2. The molecular weight excluding hydrogens is 264 g/mol. The van der Waals surface area contributed by atoms with Gasteiger partial charge in [-0.25, -0.2) is 8.78 Å². The molecule has 0 saturated carbocycles. The summed E-state index contributed by atoms with van der Waals surface area (Å²) in [5.41, 5.74) is 0.113. The van der Waals surface area contributed by atoms with E-state index in [1.807, 2.05) is 13.8 Å². The molecule has 5 heteroatoms. The van der Waals surface area contributed by atoms with Crippen molar-refractivity contribution in [3.63, 3.8) is 0 Å². The van der Waals surface area contributed by atoms with Gasteiger partial charge >= 0.3 is 0 Å². The standard InChI is InChI=1S/C15H23F2NO2/c1-11(2)20-8-4-3-7-18-10-15(19)13-6-5-12(16)9-14(13)17/h5-6,9,11,15,18-19H,3-4,7-8,10H2,1-2H3. The summed E-state index contributed by atoms with van der Waals surface area (Å²) >= 11 is 0. The van der Waals surface area contributed by atoms with Crippen molar-refractivity contribution in [1.82, 2.24) is 5.32 Å². The van der Waals surface area contributed by atoms with Gasteiger partial charge in [-0.15, -0.1) is 0 Å².